The molecule has 1 saturated heterocycles. The lowest BCUT2D eigenvalue weighted by Crippen LogP contribution is -2.44. The predicted molar refractivity (Wildman–Crippen MR) is 67.3 cm³/mol. The highest BCUT2D eigenvalue weighted by Crippen LogP contribution is 2.20. The molecule has 0 spiro atoms. The number of carbonyl (C=O) groups is 1. The molecule has 0 aliphatic carbocycles. The first-order valence-corrected chi connectivity index (χ1v) is 6.16. The quantitative estimate of drug-likeness (QED) is 0.666. The Morgan fingerprint density at radius 2 is 2.25 bits per heavy atom. The maximum absolute atomic E-state index is 12.2. The Hall–Kier alpha value is -0.830. The van der Waals surface area contributed by atoms with Crippen molar-refractivity contribution < 1.29 is 4.79 Å². The normalized spacial score (nSPS) is 21.2. The van der Waals surface area contributed by atoms with Gasteiger partial charge in [0.05, 0.1) is 6.04 Å². The van der Waals surface area contributed by atoms with Gasteiger partial charge in [-0.25, -0.2) is 0 Å². The fraction of sp³-hybridized carbons (Fsp3) is 0.769. The second-order valence-electron chi connectivity index (χ2n) is 4.95. The number of hydrogen-bond acceptors (Lipinski definition) is 2. The first kappa shape index (κ1) is 13.2. The molecule has 0 aromatic heterocycles. The lowest BCUT2D eigenvalue weighted by Gasteiger charge is -2.27. The third kappa shape index (κ3) is 2.85. The molecule has 0 N–H and O–H groups in total. The molecule has 3 heteroatoms. The van der Waals surface area contributed by atoms with Gasteiger partial charge in [-0.1, -0.05) is 19.1 Å². The van der Waals surface area contributed by atoms with Gasteiger partial charge in [-0.2, -0.15) is 0 Å². The van der Waals surface area contributed by atoms with Crippen LogP contribution in [-0.4, -0.2) is 47.4 Å². The van der Waals surface area contributed by atoms with Crippen LogP contribution >= 0.6 is 0 Å². The monoisotopic (exact) mass is 224 g/mol. The van der Waals surface area contributed by atoms with E-state index >= 15 is 0 Å². The largest absolute Gasteiger partial charge is 0.339 e. The van der Waals surface area contributed by atoms with E-state index in [1.807, 2.05) is 11.8 Å². The number of carbonyl (C=O) groups excluding carboxylic acids is 1. The molecular formula is C13H24N2O. The summed E-state index contributed by atoms with van der Waals surface area (Å²) in [6.45, 7) is 14.8. The molecule has 1 amide bonds. The summed E-state index contributed by atoms with van der Waals surface area (Å²) in [5, 5.41) is 0. The van der Waals surface area contributed by atoms with Crippen LogP contribution in [0.3, 0.4) is 0 Å². The second-order valence-corrected chi connectivity index (χ2v) is 4.95. The van der Waals surface area contributed by atoms with Crippen molar-refractivity contribution in [1.82, 2.24) is 9.80 Å². The van der Waals surface area contributed by atoms with E-state index in [4.69, 9.17) is 0 Å². The molecule has 0 radical (unpaired) electrons. The average molecular weight is 224 g/mol. The highest BCUT2D eigenvalue weighted by Gasteiger charge is 2.36. The molecule has 1 fully saturated rings. The molecule has 3 nitrogen and oxygen atoms in total. The van der Waals surface area contributed by atoms with Gasteiger partial charge in [0, 0.05) is 19.1 Å². The minimum Gasteiger partial charge on any atom is -0.339 e. The summed E-state index contributed by atoms with van der Waals surface area (Å²) >= 11 is 0. The molecule has 1 heterocycles. The molecule has 16 heavy (non-hydrogen) atoms. The Morgan fingerprint density at radius 3 is 2.62 bits per heavy atom. The summed E-state index contributed by atoms with van der Waals surface area (Å²) in [5.41, 5.74) is 1.12. The van der Waals surface area contributed by atoms with Crippen LogP contribution in [0.15, 0.2) is 12.2 Å². The Kier molecular flexibility index (Phi) is 4.54. The van der Waals surface area contributed by atoms with Crippen LogP contribution in [-0.2, 0) is 4.79 Å². The summed E-state index contributed by atoms with van der Waals surface area (Å²) in [5.74, 6) is 0.290. The van der Waals surface area contributed by atoms with E-state index < -0.39 is 0 Å². The fourth-order valence-corrected chi connectivity index (χ4v) is 2.33. The van der Waals surface area contributed by atoms with E-state index in [1.54, 1.807) is 0 Å². The van der Waals surface area contributed by atoms with Crippen LogP contribution in [0.5, 0.6) is 0 Å². The van der Waals surface area contributed by atoms with Crippen LogP contribution in [0.25, 0.3) is 0 Å². The SMILES string of the molecule is C=C(C)CN(CC)[C@H]1CCN(C(C)C)C1=O. The van der Waals surface area contributed by atoms with Gasteiger partial charge in [0.25, 0.3) is 0 Å². The van der Waals surface area contributed by atoms with E-state index in [9.17, 15) is 4.79 Å². The van der Waals surface area contributed by atoms with Crippen molar-refractivity contribution >= 4 is 5.91 Å². The van der Waals surface area contributed by atoms with Crippen LogP contribution in [0.4, 0.5) is 0 Å². The van der Waals surface area contributed by atoms with Gasteiger partial charge in [0.15, 0.2) is 0 Å². The number of likely N-dealkylation sites (N-methyl/N-ethyl adjacent to an activating group) is 1. The highest BCUT2D eigenvalue weighted by molar-refractivity contribution is 5.84. The number of hydrogen-bond donors (Lipinski definition) is 0. The number of nitrogens with zero attached hydrogens (tertiary/aromatic N) is 2. The lowest BCUT2D eigenvalue weighted by atomic mass is 10.2. The molecule has 0 aromatic rings. The second kappa shape index (κ2) is 5.48. The predicted octanol–water partition coefficient (Wildman–Crippen LogP) is 1.89. The van der Waals surface area contributed by atoms with Crippen molar-refractivity contribution in [3.8, 4) is 0 Å². The van der Waals surface area contributed by atoms with Gasteiger partial charge in [0.1, 0.15) is 0 Å². The lowest BCUT2D eigenvalue weighted by molar-refractivity contribution is -0.133. The summed E-state index contributed by atoms with van der Waals surface area (Å²) in [6.07, 6.45) is 0.956. The van der Waals surface area contributed by atoms with E-state index in [1.165, 1.54) is 0 Å². The van der Waals surface area contributed by atoms with Crippen molar-refractivity contribution in [2.45, 2.75) is 46.2 Å². The highest BCUT2D eigenvalue weighted by atomic mass is 16.2. The third-order valence-electron chi connectivity index (χ3n) is 3.15. The summed E-state index contributed by atoms with van der Waals surface area (Å²) in [6, 6.07) is 0.394. The van der Waals surface area contributed by atoms with Gasteiger partial charge in [0.2, 0.25) is 5.91 Å². The zero-order valence-corrected chi connectivity index (χ0v) is 11.0. The third-order valence-corrected chi connectivity index (χ3v) is 3.15. The maximum Gasteiger partial charge on any atom is 0.240 e. The molecule has 1 aliphatic rings. The standard InChI is InChI=1S/C13H24N2O/c1-6-14(9-10(2)3)12-7-8-15(11(4)5)13(12)16/h11-12H,2,6-9H2,1,3-5H3/t12-/m0/s1. The average Bonchev–Trinajstić information content (AvgIpc) is 2.56. The van der Waals surface area contributed by atoms with Gasteiger partial charge < -0.3 is 4.90 Å². The summed E-state index contributed by atoms with van der Waals surface area (Å²) in [4.78, 5) is 16.4. The number of amides is 1. The van der Waals surface area contributed by atoms with E-state index in [0.717, 1.165) is 31.6 Å². The Bertz CT molecular complexity index is 273. The molecule has 0 aromatic carbocycles. The van der Waals surface area contributed by atoms with E-state index in [2.05, 4.69) is 32.3 Å². The van der Waals surface area contributed by atoms with Crippen LogP contribution in [0.1, 0.15) is 34.1 Å². The Balaban J connectivity index is 2.67. The first-order chi connectivity index (χ1) is 7.47. The zero-order chi connectivity index (χ0) is 12.3. The van der Waals surface area contributed by atoms with Crippen molar-refractivity contribution in [1.29, 1.82) is 0 Å². The van der Waals surface area contributed by atoms with Gasteiger partial charge >= 0.3 is 0 Å². The van der Waals surface area contributed by atoms with Crippen molar-refractivity contribution in [3.63, 3.8) is 0 Å². The maximum atomic E-state index is 12.2. The van der Waals surface area contributed by atoms with Crippen LogP contribution in [0, 0.1) is 0 Å². The van der Waals surface area contributed by atoms with E-state index in [0.29, 0.717) is 6.04 Å². The topological polar surface area (TPSA) is 23.6 Å². The molecule has 1 aliphatic heterocycles. The molecule has 0 saturated carbocycles. The zero-order valence-electron chi connectivity index (χ0n) is 11.0. The molecule has 0 bridgehead atoms. The molecule has 1 atom stereocenters. The van der Waals surface area contributed by atoms with Gasteiger partial charge in [-0.3, -0.25) is 9.69 Å². The molecular weight excluding hydrogens is 200 g/mol. The smallest absolute Gasteiger partial charge is 0.240 e. The summed E-state index contributed by atoms with van der Waals surface area (Å²) in [7, 11) is 0. The minimum atomic E-state index is 0.0732. The van der Waals surface area contributed by atoms with Crippen LogP contribution < -0.4 is 0 Å². The Morgan fingerprint density at radius 1 is 1.62 bits per heavy atom. The van der Waals surface area contributed by atoms with E-state index in [-0.39, 0.29) is 11.9 Å². The minimum absolute atomic E-state index is 0.0732. The first-order valence-electron chi connectivity index (χ1n) is 6.16. The van der Waals surface area contributed by atoms with Crippen molar-refractivity contribution in [2.24, 2.45) is 0 Å². The molecule has 92 valence electrons. The number of rotatable bonds is 5. The fourth-order valence-electron chi connectivity index (χ4n) is 2.33. The van der Waals surface area contributed by atoms with Gasteiger partial charge in [-0.05, 0) is 33.7 Å². The number of likely N-dealkylation sites (tertiary alicyclic amines) is 1. The van der Waals surface area contributed by atoms with Crippen molar-refractivity contribution in [2.75, 3.05) is 19.6 Å². The van der Waals surface area contributed by atoms with Gasteiger partial charge in [-0.15, -0.1) is 0 Å². The Labute approximate surface area is 99.1 Å². The molecule has 0 unspecified atom stereocenters. The van der Waals surface area contributed by atoms with Crippen molar-refractivity contribution in [3.05, 3.63) is 12.2 Å². The molecule has 1 rings (SSSR count). The van der Waals surface area contributed by atoms with Crippen LogP contribution in [0.2, 0.25) is 0 Å². The summed E-state index contributed by atoms with van der Waals surface area (Å²) < 4.78 is 0.